The fraction of sp³-hybridized carbons (Fsp3) is 0.364. The van der Waals surface area contributed by atoms with E-state index in [1.54, 1.807) is 12.1 Å². The highest BCUT2D eigenvalue weighted by Gasteiger charge is 2.44. The predicted octanol–water partition coefficient (Wildman–Crippen LogP) is 2.77. The van der Waals surface area contributed by atoms with Crippen LogP contribution in [-0.4, -0.2) is 13.0 Å². The van der Waals surface area contributed by atoms with Gasteiger partial charge in [0.2, 0.25) is 5.91 Å². The van der Waals surface area contributed by atoms with Crippen LogP contribution in [0.15, 0.2) is 18.2 Å². The Balaban J connectivity index is 2.08. The summed E-state index contributed by atoms with van der Waals surface area (Å²) in [6, 6.07) is 5.35. The number of hydrogen-bond acceptors (Lipinski definition) is 2. The minimum atomic E-state index is -0.0986. The zero-order chi connectivity index (χ0) is 11.7. The zero-order valence-corrected chi connectivity index (χ0v) is 10.2. The van der Waals surface area contributed by atoms with Gasteiger partial charge in [0.15, 0.2) is 0 Å². The standard InChI is InChI=1S/C11H11Cl2NO2/c1-16-14-11(15)9-5-8(9)7-3-2-6(12)4-10(7)13/h2-4,8-9H,5H2,1H3,(H,14,15)/t8-,9+/m1/s1. The molecule has 1 fully saturated rings. The highest BCUT2D eigenvalue weighted by molar-refractivity contribution is 6.35. The summed E-state index contributed by atoms with van der Waals surface area (Å²) < 4.78 is 0. The fourth-order valence-corrected chi connectivity index (χ4v) is 2.36. The molecule has 1 N–H and O–H groups in total. The van der Waals surface area contributed by atoms with E-state index in [0.717, 1.165) is 12.0 Å². The van der Waals surface area contributed by atoms with Crippen LogP contribution in [0.5, 0.6) is 0 Å². The minimum Gasteiger partial charge on any atom is -0.277 e. The van der Waals surface area contributed by atoms with Gasteiger partial charge in [0.05, 0.1) is 7.11 Å². The maximum absolute atomic E-state index is 11.5. The van der Waals surface area contributed by atoms with Crippen molar-refractivity contribution < 1.29 is 9.63 Å². The van der Waals surface area contributed by atoms with Gasteiger partial charge in [-0.25, -0.2) is 5.48 Å². The van der Waals surface area contributed by atoms with Gasteiger partial charge in [-0.05, 0) is 30.0 Å². The topological polar surface area (TPSA) is 38.3 Å². The van der Waals surface area contributed by atoms with Crippen molar-refractivity contribution in [1.29, 1.82) is 0 Å². The lowest BCUT2D eigenvalue weighted by atomic mass is 10.1. The highest BCUT2D eigenvalue weighted by Crippen LogP contribution is 2.49. The molecular formula is C11H11Cl2NO2. The molecule has 0 radical (unpaired) electrons. The number of carbonyl (C=O) groups is 1. The number of benzene rings is 1. The number of halogens is 2. The summed E-state index contributed by atoms with van der Waals surface area (Å²) >= 11 is 11.9. The van der Waals surface area contributed by atoms with E-state index >= 15 is 0 Å². The Morgan fingerprint density at radius 3 is 2.88 bits per heavy atom. The van der Waals surface area contributed by atoms with Crippen LogP contribution < -0.4 is 5.48 Å². The summed E-state index contributed by atoms with van der Waals surface area (Å²) in [7, 11) is 1.42. The van der Waals surface area contributed by atoms with E-state index in [2.05, 4.69) is 10.3 Å². The molecule has 0 aliphatic heterocycles. The van der Waals surface area contributed by atoms with E-state index in [4.69, 9.17) is 23.2 Å². The Morgan fingerprint density at radius 2 is 2.25 bits per heavy atom. The van der Waals surface area contributed by atoms with Crippen molar-refractivity contribution in [3.8, 4) is 0 Å². The largest absolute Gasteiger partial charge is 0.277 e. The van der Waals surface area contributed by atoms with Crippen molar-refractivity contribution in [3.05, 3.63) is 33.8 Å². The molecule has 0 saturated heterocycles. The lowest BCUT2D eigenvalue weighted by Gasteiger charge is -2.04. The molecule has 5 heteroatoms. The Hall–Kier alpha value is -0.770. The second-order valence-corrected chi connectivity index (χ2v) is 4.63. The Bertz CT molecular complexity index is 422. The average molecular weight is 260 g/mol. The van der Waals surface area contributed by atoms with Gasteiger partial charge in [0.25, 0.3) is 0 Å². The van der Waals surface area contributed by atoms with Gasteiger partial charge >= 0.3 is 0 Å². The number of hydrogen-bond donors (Lipinski definition) is 1. The molecule has 0 spiro atoms. The maximum atomic E-state index is 11.5. The van der Waals surface area contributed by atoms with E-state index in [0.29, 0.717) is 10.0 Å². The first kappa shape index (κ1) is 11.7. The molecule has 0 unspecified atom stereocenters. The summed E-state index contributed by atoms with van der Waals surface area (Å²) in [4.78, 5) is 16.0. The van der Waals surface area contributed by atoms with Crippen LogP contribution in [-0.2, 0) is 9.63 Å². The first-order valence-electron chi connectivity index (χ1n) is 4.91. The van der Waals surface area contributed by atoms with Gasteiger partial charge in [-0.2, -0.15) is 0 Å². The van der Waals surface area contributed by atoms with Crippen LogP contribution >= 0.6 is 23.2 Å². The number of nitrogens with one attached hydrogen (secondary N) is 1. The molecule has 1 aromatic rings. The first-order valence-corrected chi connectivity index (χ1v) is 5.67. The van der Waals surface area contributed by atoms with Crippen LogP contribution in [0.1, 0.15) is 17.9 Å². The number of hydroxylamine groups is 1. The van der Waals surface area contributed by atoms with Crippen LogP contribution in [0.3, 0.4) is 0 Å². The second kappa shape index (κ2) is 4.62. The van der Waals surface area contributed by atoms with Gasteiger partial charge in [-0.3, -0.25) is 9.63 Å². The van der Waals surface area contributed by atoms with Gasteiger partial charge in [-0.15, -0.1) is 0 Å². The molecule has 0 bridgehead atoms. The highest BCUT2D eigenvalue weighted by atomic mass is 35.5. The molecular weight excluding hydrogens is 249 g/mol. The van der Waals surface area contributed by atoms with Crippen molar-refractivity contribution in [2.45, 2.75) is 12.3 Å². The summed E-state index contributed by atoms with van der Waals surface area (Å²) in [5, 5.41) is 1.22. The van der Waals surface area contributed by atoms with Crippen molar-refractivity contribution in [2.24, 2.45) is 5.92 Å². The molecule has 1 aromatic carbocycles. The quantitative estimate of drug-likeness (QED) is 0.848. The smallest absolute Gasteiger partial charge is 0.247 e. The summed E-state index contributed by atoms with van der Waals surface area (Å²) in [6.07, 6.45) is 0.802. The lowest BCUT2D eigenvalue weighted by molar-refractivity contribution is -0.132. The average Bonchev–Trinajstić information content (AvgIpc) is 2.98. The van der Waals surface area contributed by atoms with E-state index in [9.17, 15) is 4.79 Å². The molecule has 16 heavy (non-hydrogen) atoms. The Labute approximate surface area is 104 Å². The Kier molecular flexibility index (Phi) is 3.38. The van der Waals surface area contributed by atoms with Gasteiger partial charge in [-0.1, -0.05) is 29.3 Å². The molecule has 0 aromatic heterocycles. The third-order valence-corrected chi connectivity index (χ3v) is 3.25. The molecule has 1 saturated carbocycles. The van der Waals surface area contributed by atoms with Crippen LogP contribution in [0.25, 0.3) is 0 Å². The molecule has 1 aliphatic carbocycles. The minimum absolute atomic E-state index is 0.0429. The van der Waals surface area contributed by atoms with E-state index in [1.165, 1.54) is 7.11 Å². The lowest BCUT2D eigenvalue weighted by Crippen LogP contribution is -2.23. The summed E-state index contributed by atoms with van der Waals surface area (Å²) in [5.41, 5.74) is 3.30. The summed E-state index contributed by atoms with van der Waals surface area (Å²) in [5.74, 6) is 0.0389. The van der Waals surface area contributed by atoms with Crippen LogP contribution in [0.2, 0.25) is 10.0 Å². The molecule has 0 heterocycles. The van der Waals surface area contributed by atoms with Crippen LogP contribution in [0, 0.1) is 5.92 Å². The maximum Gasteiger partial charge on any atom is 0.247 e. The molecule has 86 valence electrons. The SMILES string of the molecule is CONC(=O)[C@H]1C[C@@H]1c1ccc(Cl)cc1Cl. The second-order valence-electron chi connectivity index (χ2n) is 3.78. The van der Waals surface area contributed by atoms with Crippen LogP contribution in [0.4, 0.5) is 0 Å². The third kappa shape index (κ3) is 2.32. The third-order valence-electron chi connectivity index (χ3n) is 2.69. The van der Waals surface area contributed by atoms with Gasteiger partial charge in [0, 0.05) is 16.0 Å². The summed E-state index contributed by atoms with van der Waals surface area (Å²) in [6.45, 7) is 0. The van der Waals surface area contributed by atoms with Crippen molar-refractivity contribution >= 4 is 29.1 Å². The number of amides is 1. The molecule has 3 nitrogen and oxygen atoms in total. The Morgan fingerprint density at radius 1 is 1.50 bits per heavy atom. The van der Waals surface area contributed by atoms with E-state index < -0.39 is 0 Å². The fourth-order valence-electron chi connectivity index (χ4n) is 1.81. The van der Waals surface area contributed by atoms with Crippen molar-refractivity contribution in [3.63, 3.8) is 0 Å². The van der Waals surface area contributed by atoms with Gasteiger partial charge in [0.1, 0.15) is 0 Å². The molecule has 2 atom stereocenters. The molecule has 2 rings (SSSR count). The van der Waals surface area contributed by atoms with E-state index in [1.807, 2.05) is 6.07 Å². The first-order chi connectivity index (χ1) is 7.63. The molecule has 1 aliphatic rings. The number of rotatable bonds is 3. The van der Waals surface area contributed by atoms with E-state index in [-0.39, 0.29) is 17.7 Å². The van der Waals surface area contributed by atoms with Crippen molar-refractivity contribution in [2.75, 3.05) is 7.11 Å². The zero-order valence-electron chi connectivity index (χ0n) is 8.67. The predicted molar refractivity (Wildman–Crippen MR) is 62.5 cm³/mol. The normalized spacial score (nSPS) is 22.9. The number of carbonyl (C=O) groups excluding carboxylic acids is 1. The molecule has 1 amide bonds. The monoisotopic (exact) mass is 259 g/mol. The van der Waals surface area contributed by atoms with Gasteiger partial charge < -0.3 is 0 Å². The van der Waals surface area contributed by atoms with Crippen molar-refractivity contribution in [1.82, 2.24) is 5.48 Å².